The highest BCUT2D eigenvalue weighted by Gasteiger charge is 2.27. The molecule has 8 heteroatoms. The topological polar surface area (TPSA) is 88.3 Å². The summed E-state index contributed by atoms with van der Waals surface area (Å²) >= 11 is 0. The number of rotatable bonds is 4. The number of aromatic nitrogens is 2. The highest BCUT2D eigenvalue weighted by atomic mass is 19.1. The average molecular weight is 396 g/mol. The molecule has 7 nitrogen and oxygen atoms in total. The zero-order chi connectivity index (χ0) is 20.5. The number of carbonyl (C=O) groups is 2. The van der Waals surface area contributed by atoms with Crippen molar-refractivity contribution in [1.82, 2.24) is 20.4 Å². The van der Waals surface area contributed by atoms with E-state index in [1.165, 1.54) is 12.1 Å². The lowest BCUT2D eigenvalue weighted by Gasteiger charge is -2.21. The van der Waals surface area contributed by atoms with E-state index in [-0.39, 0.29) is 28.4 Å². The van der Waals surface area contributed by atoms with Crippen LogP contribution in [0.1, 0.15) is 35.8 Å². The molecule has 1 unspecified atom stereocenters. The van der Waals surface area contributed by atoms with Crippen molar-refractivity contribution in [2.45, 2.75) is 32.7 Å². The molecule has 3 aromatic rings. The summed E-state index contributed by atoms with van der Waals surface area (Å²) < 4.78 is 19.5. The summed E-state index contributed by atoms with van der Waals surface area (Å²) in [6.07, 6.45) is 1.95. The van der Waals surface area contributed by atoms with Crippen molar-refractivity contribution in [3.05, 3.63) is 47.4 Å². The molecule has 1 saturated heterocycles. The molecule has 0 bridgehead atoms. The predicted octanol–water partition coefficient (Wildman–Crippen LogP) is 3.08. The van der Waals surface area contributed by atoms with E-state index in [0.717, 1.165) is 12.8 Å². The Hall–Kier alpha value is -3.29. The van der Waals surface area contributed by atoms with Crippen molar-refractivity contribution < 1.29 is 18.5 Å². The van der Waals surface area contributed by atoms with Crippen molar-refractivity contribution in [1.29, 1.82) is 0 Å². The average Bonchev–Trinajstić information content (AvgIpc) is 3.37. The minimum Gasteiger partial charge on any atom is -0.341 e. The first kappa shape index (κ1) is 19.0. The molecule has 1 aliphatic rings. The molecule has 1 N–H and O–H groups in total. The SMILES string of the molecule is Cc1noc2nc(-c3ccccc3F)cc(C(=O)NC(C)C(=O)N3CCCC3)c12. The number of nitrogens with one attached hydrogen (secondary N) is 1. The van der Waals surface area contributed by atoms with Crippen LogP contribution in [0.5, 0.6) is 0 Å². The lowest BCUT2D eigenvalue weighted by molar-refractivity contribution is -0.131. The summed E-state index contributed by atoms with van der Waals surface area (Å²) in [6.45, 7) is 4.78. The number of nitrogens with zero attached hydrogens (tertiary/aromatic N) is 3. The first-order valence-electron chi connectivity index (χ1n) is 9.57. The van der Waals surface area contributed by atoms with Gasteiger partial charge in [-0.1, -0.05) is 17.3 Å². The van der Waals surface area contributed by atoms with Gasteiger partial charge < -0.3 is 14.7 Å². The fourth-order valence-electron chi connectivity index (χ4n) is 3.63. The number of benzene rings is 1. The van der Waals surface area contributed by atoms with E-state index in [1.54, 1.807) is 36.9 Å². The Balaban J connectivity index is 1.70. The fraction of sp³-hybridized carbons (Fsp3) is 0.333. The molecule has 0 saturated carbocycles. The summed E-state index contributed by atoms with van der Waals surface area (Å²) in [7, 11) is 0. The highest BCUT2D eigenvalue weighted by molar-refractivity contribution is 6.08. The normalized spacial score (nSPS) is 14.9. The van der Waals surface area contributed by atoms with E-state index in [0.29, 0.717) is 24.2 Å². The zero-order valence-electron chi connectivity index (χ0n) is 16.2. The second-order valence-corrected chi connectivity index (χ2v) is 7.21. The smallest absolute Gasteiger partial charge is 0.259 e. The number of hydrogen-bond acceptors (Lipinski definition) is 5. The van der Waals surface area contributed by atoms with E-state index in [4.69, 9.17) is 4.52 Å². The van der Waals surface area contributed by atoms with Crippen molar-refractivity contribution in [2.75, 3.05) is 13.1 Å². The standard InChI is InChI=1S/C21H21FN4O3/c1-12-18-15(19(27)23-13(2)21(28)26-9-5-6-10-26)11-17(24-20(18)29-25-12)14-7-3-4-8-16(14)22/h3-4,7-8,11,13H,5-6,9-10H2,1-2H3,(H,23,27). The van der Waals surface area contributed by atoms with Gasteiger partial charge in [0.05, 0.1) is 22.3 Å². The lowest BCUT2D eigenvalue weighted by atomic mass is 10.0. The van der Waals surface area contributed by atoms with E-state index >= 15 is 0 Å². The van der Waals surface area contributed by atoms with Crippen molar-refractivity contribution in [2.24, 2.45) is 0 Å². The Labute approximate surface area is 166 Å². The third kappa shape index (κ3) is 3.57. The van der Waals surface area contributed by atoms with Crippen LogP contribution in [-0.4, -0.2) is 46.0 Å². The van der Waals surface area contributed by atoms with Gasteiger partial charge in [-0.25, -0.2) is 9.37 Å². The third-order valence-corrected chi connectivity index (χ3v) is 5.15. The van der Waals surface area contributed by atoms with Crippen LogP contribution in [0.15, 0.2) is 34.9 Å². The summed E-state index contributed by atoms with van der Waals surface area (Å²) in [5.74, 6) is -1.03. The van der Waals surface area contributed by atoms with Gasteiger partial charge in [-0.05, 0) is 44.9 Å². The minimum atomic E-state index is -0.680. The molecular formula is C21H21FN4O3. The molecule has 2 aromatic heterocycles. The number of aryl methyl sites for hydroxylation is 1. The largest absolute Gasteiger partial charge is 0.341 e. The first-order chi connectivity index (χ1) is 14.0. The molecule has 150 valence electrons. The molecule has 1 aromatic carbocycles. The van der Waals surface area contributed by atoms with Crippen LogP contribution < -0.4 is 5.32 Å². The molecule has 29 heavy (non-hydrogen) atoms. The van der Waals surface area contributed by atoms with E-state index in [9.17, 15) is 14.0 Å². The van der Waals surface area contributed by atoms with Gasteiger partial charge in [-0.2, -0.15) is 0 Å². The Morgan fingerprint density at radius 3 is 2.69 bits per heavy atom. The number of halogens is 1. The summed E-state index contributed by atoms with van der Waals surface area (Å²) in [5, 5.41) is 7.09. The van der Waals surface area contributed by atoms with Gasteiger partial charge in [-0.3, -0.25) is 9.59 Å². The van der Waals surface area contributed by atoms with Gasteiger partial charge in [0.1, 0.15) is 11.9 Å². The Morgan fingerprint density at radius 1 is 1.24 bits per heavy atom. The van der Waals surface area contributed by atoms with Gasteiger partial charge in [0.25, 0.3) is 11.6 Å². The van der Waals surface area contributed by atoms with Crippen molar-refractivity contribution in [3.63, 3.8) is 0 Å². The minimum absolute atomic E-state index is 0.113. The van der Waals surface area contributed by atoms with Crippen LogP contribution in [0.2, 0.25) is 0 Å². The number of likely N-dealkylation sites (tertiary alicyclic amines) is 1. The number of pyridine rings is 1. The van der Waals surface area contributed by atoms with E-state index in [2.05, 4.69) is 15.5 Å². The fourth-order valence-corrected chi connectivity index (χ4v) is 3.63. The molecule has 2 amide bonds. The van der Waals surface area contributed by atoms with Crippen LogP contribution in [0, 0.1) is 12.7 Å². The maximum Gasteiger partial charge on any atom is 0.259 e. The molecule has 0 aliphatic carbocycles. The zero-order valence-corrected chi connectivity index (χ0v) is 16.2. The lowest BCUT2D eigenvalue weighted by Crippen LogP contribution is -2.46. The van der Waals surface area contributed by atoms with Gasteiger partial charge in [-0.15, -0.1) is 0 Å². The van der Waals surface area contributed by atoms with E-state index < -0.39 is 17.8 Å². The van der Waals surface area contributed by atoms with Gasteiger partial charge in [0, 0.05) is 18.7 Å². The number of hydrogen-bond donors (Lipinski definition) is 1. The molecule has 0 spiro atoms. The summed E-state index contributed by atoms with van der Waals surface area (Å²) in [6, 6.07) is 6.99. The predicted molar refractivity (Wildman–Crippen MR) is 105 cm³/mol. The Morgan fingerprint density at radius 2 is 1.97 bits per heavy atom. The summed E-state index contributed by atoms with van der Waals surface area (Å²) in [4.78, 5) is 31.7. The monoisotopic (exact) mass is 396 g/mol. The first-order valence-corrected chi connectivity index (χ1v) is 9.57. The van der Waals surface area contributed by atoms with Gasteiger partial charge in [0.2, 0.25) is 5.91 Å². The molecule has 1 atom stereocenters. The number of carbonyl (C=O) groups excluding carboxylic acids is 2. The molecule has 0 radical (unpaired) electrons. The van der Waals surface area contributed by atoms with Crippen LogP contribution in [0.3, 0.4) is 0 Å². The highest BCUT2D eigenvalue weighted by Crippen LogP contribution is 2.28. The van der Waals surface area contributed by atoms with Crippen LogP contribution in [0.4, 0.5) is 4.39 Å². The molecule has 3 heterocycles. The number of fused-ring (bicyclic) bond motifs is 1. The summed E-state index contributed by atoms with van der Waals surface area (Å²) in [5.41, 5.74) is 1.39. The maximum atomic E-state index is 14.3. The second-order valence-electron chi connectivity index (χ2n) is 7.21. The van der Waals surface area contributed by atoms with Gasteiger partial charge in [0.15, 0.2) is 0 Å². The molecule has 4 rings (SSSR count). The van der Waals surface area contributed by atoms with Gasteiger partial charge >= 0.3 is 0 Å². The third-order valence-electron chi connectivity index (χ3n) is 5.15. The Bertz CT molecular complexity index is 1090. The molecule has 1 fully saturated rings. The molecule has 1 aliphatic heterocycles. The molecular weight excluding hydrogens is 375 g/mol. The number of amides is 2. The van der Waals surface area contributed by atoms with Crippen LogP contribution in [0.25, 0.3) is 22.4 Å². The quantitative estimate of drug-likeness (QED) is 0.732. The van der Waals surface area contributed by atoms with Crippen molar-refractivity contribution >= 4 is 22.9 Å². The van der Waals surface area contributed by atoms with Crippen molar-refractivity contribution in [3.8, 4) is 11.3 Å². The van der Waals surface area contributed by atoms with Crippen LogP contribution >= 0.6 is 0 Å². The maximum absolute atomic E-state index is 14.3. The van der Waals surface area contributed by atoms with Crippen LogP contribution in [-0.2, 0) is 4.79 Å². The second kappa shape index (κ2) is 7.62. The van der Waals surface area contributed by atoms with E-state index in [1.807, 2.05) is 0 Å². The Kier molecular flexibility index (Phi) is 5.00.